The Labute approximate surface area is 169 Å². The van der Waals surface area contributed by atoms with E-state index in [1.54, 1.807) is 12.1 Å². The predicted molar refractivity (Wildman–Crippen MR) is 108 cm³/mol. The van der Waals surface area contributed by atoms with Crippen molar-refractivity contribution in [3.05, 3.63) is 68.2 Å². The standard InChI is InChI=1S/C20H21Cl3N2O/c1-24(2)12-19-16-11-15(21)5-4-14(16)7-8-25(19)20(26)10-13-3-6-17(22)18(23)9-13/h3-6,9,11,19H,7-8,10,12H2,1-2H3. The van der Waals surface area contributed by atoms with Gasteiger partial charge in [-0.1, -0.05) is 46.9 Å². The van der Waals surface area contributed by atoms with Crippen LogP contribution >= 0.6 is 34.8 Å². The summed E-state index contributed by atoms with van der Waals surface area (Å²) in [6, 6.07) is 11.3. The molecule has 1 amide bonds. The van der Waals surface area contributed by atoms with Gasteiger partial charge < -0.3 is 9.80 Å². The van der Waals surface area contributed by atoms with Crippen molar-refractivity contribution in [1.29, 1.82) is 0 Å². The van der Waals surface area contributed by atoms with E-state index in [1.807, 2.05) is 37.2 Å². The fourth-order valence-electron chi connectivity index (χ4n) is 3.44. The summed E-state index contributed by atoms with van der Waals surface area (Å²) in [6.45, 7) is 1.45. The smallest absolute Gasteiger partial charge is 0.227 e. The van der Waals surface area contributed by atoms with E-state index in [2.05, 4.69) is 11.0 Å². The lowest BCUT2D eigenvalue weighted by Gasteiger charge is -2.39. The first-order valence-corrected chi connectivity index (χ1v) is 9.65. The molecule has 0 aromatic heterocycles. The summed E-state index contributed by atoms with van der Waals surface area (Å²) in [5.41, 5.74) is 3.27. The van der Waals surface area contributed by atoms with Crippen molar-refractivity contribution < 1.29 is 4.79 Å². The number of halogens is 3. The molecule has 0 spiro atoms. The fourth-order valence-corrected chi connectivity index (χ4v) is 3.94. The lowest BCUT2D eigenvalue weighted by atomic mass is 9.91. The van der Waals surface area contributed by atoms with Crippen LogP contribution in [0.25, 0.3) is 0 Å². The van der Waals surface area contributed by atoms with Gasteiger partial charge in [0.2, 0.25) is 5.91 Å². The van der Waals surface area contributed by atoms with Gasteiger partial charge in [0.15, 0.2) is 0 Å². The Bertz CT molecular complexity index is 823. The molecule has 3 nitrogen and oxygen atoms in total. The zero-order chi connectivity index (χ0) is 18.8. The van der Waals surface area contributed by atoms with Gasteiger partial charge in [-0.2, -0.15) is 0 Å². The van der Waals surface area contributed by atoms with Crippen LogP contribution in [0, 0.1) is 0 Å². The van der Waals surface area contributed by atoms with Crippen molar-refractivity contribution in [2.75, 3.05) is 27.2 Å². The first-order valence-electron chi connectivity index (χ1n) is 8.51. The molecule has 0 saturated heterocycles. The van der Waals surface area contributed by atoms with Gasteiger partial charge in [-0.05, 0) is 61.5 Å². The maximum atomic E-state index is 13.0. The van der Waals surface area contributed by atoms with Crippen LogP contribution in [0.5, 0.6) is 0 Å². The third kappa shape index (κ3) is 4.34. The van der Waals surface area contributed by atoms with Crippen LogP contribution in [0.1, 0.15) is 22.7 Å². The summed E-state index contributed by atoms with van der Waals surface area (Å²) < 4.78 is 0. The summed E-state index contributed by atoms with van der Waals surface area (Å²) >= 11 is 18.3. The molecule has 0 N–H and O–H groups in total. The second-order valence-electron chi connectivity index (χ2n) is 6.88. The van der Waals surface area contributed by atoms with Gasteiger partial charge >= 0.3 is 0 Å². The Morgan fingerprint density at radius 1 is 1.12 bits per heavy atom. The third-order valence-corrected chi connectivity index (χ3v) is 5.64. The summed E-state index contributed by atoms with van der Waals surface area (Å²) in [4.78, 5) is 17.1. The van der Waals surface area contributed by atoms with Crippen molar-refractivity contribution in [3.8, 4) is 0 Å². The van der Waals surface area contributed by atoms with Crippen molar-refractivity contribution in [3.63, 3.8) is 0 Å². The number of rotatable bonds is 4. The summed E-state index contributed by atoms with van der Waals surface area (Å²) in [6.07, 6.45) is 1.14. The van der Waals surface area contributed by atoms with Crippen LogP contribution in [0.3, 0.4) is 0 Å². The van der Waals surface area contributed by atoms with Crippen LogP contribution < -0.4 is 0 Å². The second-order valence-corrected chi connectivity index (χ2v) is 8.13. The number of carbonyl (C=O) groups excluding carboxylic acids is 1. The SMILES string of the molecule is CN(C)CC1c2cc(Cl)ccc2CCN1C(=O)Cc1ccc(Cl)c(Cl)c1. The number of fused-ring (bicyclic) bond motifs is 1. The molecule has 138 valence electrons. The molecule has 1 atom stereocenters. The van der Waals surface area contributed by atoms with Crippen molar-refractivity contribution in [1.82, 2.24) is 9.80 Å². The monoisotopic (exact) mass is 410 g/mol. The van der Waals surface area contributed by atoms with Gasteiger partial charge in [0, 0.05) is 18.1 Å². The van der Waals surface area contributed by atoms with E-state index < -0.39 is 0 Å². The normalized spacial score (nSPS) is 16.7. The Kier molecular flexibility index (Phi) is 6.13. The van der Waals surface area contributed by atoms with Gasteiger partial charge in [0.05, 0.1) is 22.5 Å². The van der Waals surface area contributed by atoms with Crippen molar-refractivity contribution >= 4 is 40.7 Å². The van der Waals surface area contributed by atoms with E-state index in [0.717, 1.165) is 24.1 Å². The number of likely N-dealkylation sites (N-methyl/N-ethyl adjacent to an activating group) is 1. The molecular weight excluding hydrogens is 391 g/mol. The Balaban J connectivity index is 1.87. The highest BCUT2D eigenvalue weighted by Gasteiger charge is 2.31. The number of benzene rings is 2. The van der Waals surface area contributed by atoms with Crippen LogP contribution in [0.4, 0.5) is 0 Å². The quantitative estimate of drug-likeness (QED) is 0.716. The molecule has 2 aromatic rings. The van der Waals surface area contributed by atoms with Gasteiger partial charge in [0.1, 0.15) is 0 Å². The van der Waals surface area contributed by atoms with E-state index >= 15 is 0 Å². The maximum Gasteiger partial charge on any atom is 0.227 e. The molecule has 6 heteroatoms. The van der Waals surface area contributed by atoms with Gasteiger partial charge in [0.25, 0.3) is 0 Å². The van der Waals surface area contributed by atoms with Gasteiger partial charge in [-0.25, -0.2) is 0 Å². The number of nitrogens with zero attached hydrogens (tertiary/aromatic N) is 2. The minimum atomic E-state index is -0.0114. The molecule has 1 aliphatic rings. The number of amides is 1. The predicted octanol–water partition coefficient (Wildman–Crippen LogP) is 4.88. The third-order valence-electron chi connectivity index (χ3n) is 4.66. The van der Waals surface area contributed by atoms with E-state index in [0.29, 0.717) is 28.0 Å². The maximum absolute atomic E-state index is 13.0. The molecule has 1 aliphatic heterocycles. The molecule has 1 unspecified atom stereocenters. The number of hydrogen-bond acceptors (Lipinski definition) is 2. The van der Waals surface area contributed by atoms with Crippen LogP contribution in [0.2, 0.25) is 15.1 Å². The van der Waals surface area contributed by atoms with E-state index in [4.69, 9.17) is 34.8 Å². The van der Waals surface area contributed by atoms with E-state index in [1.165, 1.54) is 5.56 Å². The summed E-state index contributed by atoms with van der Waals surface area (Å²) in [5.74, 6) is 0.0841. The average Bonchev–Trinajstić information content (AvgIpc) is 2.58. The number of carbonyl (C=O) groups is 1. The first kappa shape index (κ1) is 19.5. The molecule has 2 aromatic carbocycles. The molecule has 0 bridgehead atoms. The largest absolute Gasteiger partial charge is 0.334 e. The molecule has 0 aliphatic carbocycles. The van der Waals surface area contributed by atoms with Crippen LogP contribution in [0.15, 0.2) is 36.4 Å². The minimum absolute atomic E-state index is 0.0114. The Morgan fingerprint density at radius 2 is 1.88 bits per heavy atom. The van der Waals surface area contributed by atoms with E-state index in [9.17, 15) is 4.79 Å². The highest BCUT2D eigenvalue weighted by molar-refractivity contribution is 6.42. The van der Waals surface area contributed by atoms with Crippen molar-refractivity contribution in [2.24, 2.45) is 0 Å². The van der Waals surface area contributed by atoms with Crippen molar-refractivity contribution in [2.45, 2.75) is 18.9 Å². The van der Waals surface area contributed by atoms with Gasteiger partial charge in [-0.3, -0.25) is 4.79 Å². The molecule has 0 radical (unpaired) electrons. The fraction of sp³-hybridized carbons (Fsp3) is 0.350. The van der Waals surface area contributed by atoms with Crippen LogP contribution in [-0.4, -0.2) is 42.9 Å². The molecule has 0 saturated carbocycles. The van der Waals surface area contributed by atoms with E-state index in [-0.39, 0.29) is 11.9 Å². The molecule has 3 rings (SSSR count). The topological polar surface area (TPSA) is 23.6 Å². The molecule has 0 fully saturated rings. The zero-order valence-corrected chi connectivity index (χ0v) is 17.1. The lowest BCUT2D eigenvalue weighted by molar-refractivity contribution is -0.133. The summed E-state index contributed by atoms with van der Waals surface area (Å²) in [5, 5.41) is 1.67. The average molecular weight is 412 g/mol. The highest BCUT2D eigenvalue weighted by atomic mass is 35.5. The number of hydrogen-bond donors (Lipinski definition) is 0. The second kappa shape index (κ2) is 8.18. The lowest BCUT2D eigenvalue weighted by Crippen LogP contribution is -2.44. The Hall–Kier alpha value is -1.26. The minimum Gasteiger partial charge on any atom is -0.334 e. The molecule has 26 heavy (non-hydrogen) atoms. The van der Waals surface area contributed by atoms with Gasteiger partial charge in [-0.15, -0.1) is 0 Å². The summed E-state index contributed by atoms with van der Waals surface area (Å²) in [7, 11) is 4.03. The molecule has 1 heterocycles. The van der Waals surface area contributed by atoms with Crippen LogP contribution in [-0.2, 0) is 17.6 Å². The zero-order valence-electron chi connectivity index (χ0n) is 14.8. The highest BCUT2D eigenvalue weighted by Crippen LogP contribution is 2.33. The Morgan fingerprint density at radius 3 is 2.58 bits per heavy atom. The first-order chi connectivity index (χ1) is 12.3. The molecular formula is C20H21Cl3N2O.